The van der Waals surface area contributed by atoms with Crippen LogP contribution >= 0.6 is 7.95 Å². The second-order valence-electron chi connectivity index (χ2n) is 5.16. The Bertz CT molecular complexity index is 720. The quantitative estimate of drug-likeness (QED) is 0.378. The monoisotopic (exact) mass is 355 g/mol. The molecule has 0 saturated carbocycles. The number of anilines is 1. The maximum atomic E-state index is 11.7. The highest BCUT2D eigenvalue weighted by molar-refractivity contribution is 7.42. The van der Waals surface area contributed by atoms with Crippen LogP contribution in [0.5, 0.6) is 0 Å². The van der Waals surface area contributed by atoms with Gasteiger partial charge in [0.05, 0.1) is 19.0 Å². The maximum absolute atomic E-state index is 11.7. The van der Waals surface area contributed by atoms with Gasteiger partial charge in [-0.05, 0) is 18.4 Å². The third kappa shape index (κ3) is 5.19. The first-order valence-electron chi connectivity index (χ1n) is 7.34. The van der Waals surface area contributed by atoms with Gasteiger partial charge in [-0.3, -0.25) is 4.79 Å². The van der Waals surface area contributed by atoms with Crippen LogP contribution in [0.25, 0.3) is 11.2 Å². The number of hydrogen-bond donors (Lipinski definition) is 2. The summed E-state index contributed by atoms with van der Waals surface area (Å²) >= 11 is 0. The summed E-state index contributed by atoms with van der Waals surface area (Å²) in [7, 11) is -1.84. The van der Waals surface area contributed by atoms with Crippen molar-refractivity contribution in [3.63, 3.8) is 0 Å². The van der Waals surface area contributed by atoms with E-state index in [-0.39, 0.29) is 19.0 Å². The Morgan fingerprint density at radius 3 is 2.96 bits per heavy atom. The van der Waals surface area contributed by atoms with Crippen LogP contribution in [0.2, 0.25) is 0 Å². The van der Waals surface area contributed by atoms with Gasteiger partial charge in [0.2, 0.25) is 0 Å². The van der Waals surface area contributed by atoms with Gasteiger partial charge < -0.3 is 19.8 Å². The zero-order chi connectivity index (χ0) is 17.5. The van der Waals surface area contributed by atoms with Crippen LogP contribution in [0.1, 0.15) is 13.8 Å². The Morgan fingerprint density at radius 1 is 1.42 bits per heavy atom. The van der Waals surface area contributed by atoms with Crippen molar-refractivity contribution in [2.24, 2.45) is 0 Å². The normalized spacial score (nSPS) is 11.9. The summed E-state index contributed by atoms with van der Waals surface area (Å²) in [6.45, 7) is 4.18. The van der Waals surface area contributed by atoms with Gasteiger partial charge in [0.15, 0.2) is 11.5 Å². The van der Waals surface area contributed by atoms with Crippen molar-refractivity contribution in [2.75, 3.05) is 25.2 Å². The average Bonchev–Trinajstić information content (AvgIpc) is 2.93. The van der Waals surface area contributed by atoms with E-state index in [0.29, 0.717) is 30.1 Å². The molecule has 24 heavy (non-hydrogen) atoms. The third-order valence-corrected chi connectivity index (χ3v) is 3.81. The average molecular weight is 355 g/mol. The second-order valence-corrected chi connectivity index (χ2v) is 6.49. The van der Waals surface area contributed by atoms with E-state index in [2.05, 4.69) is 20.0 Å². The highest BCUT2D eigenvalue weighted by Gasteiger charge is 2.18. The molecule has 2 heterocycles. The largest absolute Gasteiger partial charge is 0.462 e. The van der Waals surface area contributed by atoms with Crippen molar-refractivity contribution in [3.05, 3.63) is 12.7 Å². The molecule has 2 aromatic heterocycles. The van der Waals surface area contributed by atoms with Gasteiger partial charge in [0, 0.05) is 6.54 Å². The lowest BCUT2D eigenvalue weighted by atomic mass is 10.5. The smallest absolute Gasteiger partial charge is 0.461 e. The van der Waals surface area contributed by atoms with Crippen LogP contribution in [-0.2, 0) is 25.4 Å². The van der Waals surface area contributed by atoms with Gasteiger partial charge in [0.25, 0.3) is 6.35 Å². The molecule has 0 saturated heterocycles. The SMILES string of the molecule is CC(C)OC(=O)CN[P+](=O)COCCn1cnc2c(N)ncnc21. The summed E-state index contributed by atoms with van der Waals surface area (Å²) < 4.78 is 23.7. The minimum Gasteiger partial charge on any atom is -0.462 e. The van der Waals surface area contributed by atoms with Gasteiger partial charge in [-0.25, -0.2) is 15.0 Å². The number of rotatable bonds is 9. The van der Waals surface area contributed by atoms with Crippen LogP contribution in [0, 0.1) is 0 Å². The van der Waals surface area contributed by atoms with Crippen LogP contribution in [0.4, 0.5) is 5.82 Å². The number of aromatic nitrogens is 4. The Kier molecular flexibility index (Phi) is 6.53. The van der Waals surface area contributed by atoms with E-state index in [1.807, 2.05) is 0 Å². The first kappa shape index (κ1) is 18.2. The van der Waals surface area contributed by atoms with Gasteiger partial charge in [-0.15, -0.1) is 0 Å². The third-order valence-electron chi connectivity index (χ3n) is 2.88. The lowest BCUT2D eigenvalue weighted by Crippen LogP contribution is -2.23. The Balaban J connectivity index is 1.70. The molecule has 0 aromatic carbocycles. The molecule has 0 aliphatic heterocycles. The number of nitrogens with two attached hydrogens (primary N) is 1. The number of nitrogens with one attached hydrogen (secondary N) is 1. The number of fused-ring (bicyclic) bond motifs is 1. The predicted octanol–water partition coefficient (Wildman–Crippen LogP) is 0.666. The number of imidazole rings is 1. The molecule has 0 amide bonds. The lowest BCUT2D eigenvalue weighted by Gasteiger charge is -2.05. The molecule has 130 valence electrons. The van der Waals surface area contributed by atoms with E-state index in [0.717, 1.165) is 0 Å². The van der Waals surface area contributed by atoms with Crippen molar-refractivity contribution >= 4 is 30.9 Å². The fourth-order valence-electron chi connectivity index (χ4n) is 1.88. The fourth-order valence-corrected chi connectivity index (χ4v) is 2.57. The summed E-state index contributed by atoms with van der Waals surface area (Å²) in [5, 5.41) is 2.57. The number of ether oxygens (including phenoxy) is 2. The number of nitrogens with zero attached hydrogens (tertiary/aromatic N) is 4. The predicted molar refractivity (Wildman–Crippen MR) is 87.4 cm³/mol. The zero-order valence-corrected chi connectivity index (χ0v) is 14.4. The molecule has 0 spiro atoms. The molecule has 11 heteroatoms. The standard InChI is InChI=1S/C13H20N6O4P/c1-9(2)23-10(20)5-18-24(21)8-22-4-3-19-7-17-11-12(14)15-6-16-13(11)19/h6-7,9H,3-5,8H2,1-2H3,(H,18,21)(H2,14,15,16)/q+1. The van der Waals surface area contributed by atoms with E-state index < -0.39 is 13.9 Å². The number of nitrogen functional groups attached to an aromatic ring is 1. The minimum atomic E-state index is -1.84. The topological polar surface area (TPSA) is 134 Å². The highest BCUT2D eigenvalue weighted by Crippen LogP contribution is 2.15. The molecule has 0 bridgehead atoms. The fraction of sp³-hybridized carbons (Fsp3) is 0.538. The van der Waals surface area contributed by atoms with Crippen molar-refractivity contribution in [3.8, 4) is 0 Å². The van der Waals surface area contributed by atoms with Gasteiger partial charge >= 0.3 is 13.9 Å². The van der Waals surface area contributed by atoms with E-state index in [9.17, 15) is 9.36 Å². The van der Waals surface area contributed by atoms with E-state index in [4.69, 9.17) is 15.2 Å². The summed E-state index contributed by atoms with van der Waals surface area (Å²) in [5.41, 5.74) is 6.86. The molecule has 10 nitrogen and oxygen atoms in total. The maximum Gasteiger partial charge on any atom is 0.461 e. The highest BCUT2D eigenvalue weighted by atomic mass is 31.1. The molecular weight excluding hydrogens is 335 g/mol. The van der Waals surface area contributed by atoms with Crippen molar-refractivity contribution < 1.29 is 18.8 Å². The van der Waals surface area contributed by atoms with Crippen LogP contribution in [0.15, 0.2) is 12.7 Å². The van der Waals surface area contributed by atoms with Crippen molar-refractivity contribution in [2.45, 2.75) is 26.5 Å². The van der Waals surface area contributed by atoms with E-state index in [1.165, 1.54) is 6.33 Å². The molecule has 2 rings (SSSR count). The molecule has 0 aliphatic carbocycles. The molecule has 2 aromatic rings. The molecule has 0 fully saturated rings. The van der Waals surface area contributed by atoms with Crippen molar-refractivity contribution in [1.29, 1.82) is 0 Å². The first-order valence-corrected chi connectivity index (χ1v) is 8.78. The first-order chi connectivity index (χ1) is 11.5. The Morgan fingerprint density at radius 2 is 2.21 bits per heavy atom. The molecule has 1 unspecified atom stereocenters. The van der Waals surface area contributed by atoms with Crippen LogP contribution in [0.3, 0.4) is 0 Å². The summed E-state index contributed by atoms with van der Waals surface area (Å²) in [5.74, 6) is -0.129. The molecule has 3 N–H and O–H groups in total. The summed E-state index contributed by atoms with van der Waals surface area (Å²) in [4.78, 5) is 23.4. The Hall–Kier alpha value is -2.16. The van der Waals surface area contributed by atoms with Crippen molar-refractivity contribution in [1.82, 2.24) is 24.6 Å². The number of carbonyl (C=O) groups excluding carboxylic acids is 1. The van der Waals surface area contributed by atoms with Gasteiger partial charge in [-0.1, -0.05) is 5.09 Å². The molecule has 0 aliphatic rings. The van der Waals surface area contributed by atoms with E-state index in [1.54, 1.807) is 24.7 Å². The second kappa shape index (κ2) is 8.62. The summed E-state index contributed by atoms with van der Waals surface area (Å²) in [6.07, 6.45) is 2.76. The van der Waals surface area contributed by atoms with E-state index >= 15 is 0 Å². The minimum absolute atomic E-state index is 0.00591. The van der Waals surface area contributed by atoms with Gasteiger partial charge in [-0.2, -0.15) is 0 Å². The molecular formula is C13H20N6O4P+. The Labute approximate surface area is 139 Å². The number of esters is 1. The van der Waals surface area contributed by atoms with Gasteiger partial charge in [0.1, 0.15) is 18.4 Å². The lowest BCUT2D eigenvalue weighted by molar-refractivity contribution is -0.145. The van der Waals surface area contributed by atoms with Crippen LogP contribution < -0.4 is 10.8 Å². The van der Waals surface area contributed by atoms with Crippen LogP contribution in [-0.4, -0.2) is 51.1 Å². The summed E-state index contributed by atoms with van der Waals surface area (Å²) in [6, 6.07) is 0. The molecule has 1 atom stereocenters. The zero-order valence-electron chi connectivity index (χ0n) is 13.5. The number of hydrogen-bond acceptors (Lipinski definition) is 8. The molecule has 0 radical (unpaired) electrons. The number of carbonyl (C=O) groups is 1.